The molecule has 0 N–H and O–H groups in total. The zero-order valence-electron chi connectivity index (χ0n) is 12.2. The summed E-state index contributed by atoms with van der Waals surface area (Å²) in [6.07, 6.45) is 2.79. The van der Waals surface area contributed by atoms with Gasteiger partial charge in [0.25, 0.3) is 0 Å². The third-order valence-electron chi connectivity index (χ3n) is 4.06. The van der Waals surface area contributed by atoms with Gasteiger partial charge < -0.3 is 9.64 Å². The van der Waals surface area contributed by atoms with Crippen molar-refractivity contribution in [1.82, 2.24) is 4.90 Å². The van der Waals surface area contributed by atoms with Crippen molar-refractivity contribution in [2.75, 3.05) is 26.7 Å². The van der Waals surface area contributed by atoms with Gasteiger partial charge in [-0.3, -0.25) is 4.79 Å². The third kappa shape index (κ3) is 3.90. The van der Waals surface area contributed by atoms with Gasteiger partial charge in [-0.25, -0.2) is 0 Å². The number of ketones is 1. The summed E-state index contributed by atoms with van der Waals surface area (Å²) in [5.74, 6) is 0.196. The molecule has 0 bridgehead atoms. The summed E-state index contributed by atoms with van der Waals surface area (Å²) < 4.78 is 6.47. The Morgan fingerprint density at radius 1 is 1.45 bits per heavy atom. The summed E-state index contributed by atoms with van der Waals surface area (Å²) in [5.41, 5.74) is 0.716. The van der Waals surface area contributed by atoms with Crippen LogP contribution in [0.3, 0.4) is 0 Å². The Balaban J connectivity index is 1.89. The van der Waals surface area contributed by atoms with Crippen LogP contribution >= 0.6 is 15.9 Å². The van der Waals surface area contributed by atoms with Gasteiger partial charge in [-0.15, -0.1) is 0 Å². The molecule has 1 atom stereocenters. The van der Waals surface area contributed by atoms with Crippen molar-refractivity contribution in [3.8, 4) is 0 Å². The lowest BCUT2D eigenvalue weighted by Gasteiger charge is -2.39. The number of hydrogen-bond acceptors (Lipinski definition) is 3. The molecule has 1 aromatic carbocycles. The SMILES string of the molecule is COC1(C)CCCN(CCC(=O)c2ccccc2Br)C1. The normalized spacial score (nSPS) is 23.8. The minimum Gasteiger partial charge on any atom is -0.377 e. The van der Waals surface area contributed by atoms with Crippen LogP contribution in [-0.4, -0.2) is 43.0 Å². The maximum atomic E-state index is 12.3. The van der Waals surface area contributed by atoms with Crippen molar-refractivity contribution in [2.24, 2.45) is 0 Å². The highest BCUT2D eigenvalue weighted by atomic mass is 79.9. The van der Waals surface area contributed by atoms with Crippen LogP contribution in [0.15, 0.2) is 28.7 Å². The molecular formula is C16H22BrNO2. The molecule has 1 heterocycles. The molecule has 0 aliphatic carbocycles. The average molecular weight is 340 g/mol. The zero-order valence-corrected chi connectivity index (χ0v) is 13.8. The van der Waals surface area contributed by atoms with E-state index in [9.17, 15) is 4.79 Å². The molecular weight excluding hydrogens is 318 g/mol. The Hall–Kier alpha value is -0.710. The number of carbonyl (C=O) groups is 1. The number of hydrogen-bond donors (Lipinski definition) is 0. The number of rotatable bonds is 5. The number of likely N-dealkylation sites (tertiary alicyclic amines) is 1. The van der Waals surface area contributed by atoms with Crippen molar-refractivity contribution in [1.29, 1.82) is 0 Å². The number of ether oxygens (including phenoxy) is 1. The van der Waals surface area contributed by atoms with E-state index in [1.165, 1.54) is 0 Å². The monoisotopic (exact) mass is 339 g/mol. The molecule has 110 valence electrons. The number of piperidine rings is 1. The first-order valence-electron chi connectivity index (χ1n) is 7.09. The number of benzene rings is 1. The molecule has 1 saturated heterocycles. The van der Waals surface area contributed by atoms with Crippen LogP contribution in [0.5, 0.6) is 0 Å². The molecule has 0 aromatic heterocycles. The molecule has 0 spiro atoms. The smallest absolute Gasteiger partial charge is 0.165 e. The molecule has 0 amide bonds. The average Bonchev–Trinajstić information content (AvgIpc) is 2.45. The van der Waals surface area contributed by atoms with E-state index >= 15 is 0 Å². The second kappa shape index (κ2) is 6.83. The first-order chi connectivity index (χ1) is 9.54. The van der Waals surface area contributed by atoms with Crippen LogP contribution in [0, 0.1) is 0 Å². The molecule has 20 heavy (non-hydrogen) atoms. The predicted molar refractivity (Wildman–Crippen MR) is 84.2 cm³/mol. The first kappa shape index (κ1) is 15.7. The van der Waals surface area contributed by atoms with Crippen LogP contribution in [0.1, 0.15) is 36.5 Å². The molecule has 1 aromatic rings. The van der Waals surface area contributed by atoms with Crippen LogP contribution in [0.25, 0.3) is 0 Å². The highest BCUT2D eigenvalue weighted by Crippen LogP contribution is 2.24. The highest BCUT2D eigenvalue weighted by molar-refractivity contribution is 9.10. The van der Waals surface area contributed by atoms with Gasteiger partial charge in [0.15, 0.2) is 5.78 Å². The van der Waals surface area contributed by atoms with Crippen LogP contribution < -0.4 is 0 Å². The maximum absolute atomic E-state index is 12.3. The number of carbonyl (C=O) groups excluding carboxylic acids is 1. The molecule has 3 nitrogen and oxygen atoms in total. The third-order valence-corrected chi connectivity index (χ3v) is 4.75. The van der Waals surface area contributed by atoms with Gasteiger partial charge in [-0.1, -0.05) is 34.1 Å². The van der Waals surface area contributed by atoms with E-state index in [4.69, 9.17) is 4.74 Å². The van der Waals surface area contributed by atoms with Crippen molar-refractivity contribution in [2.45, 2.75) is 31.8 Å². The van der Waals surface area contributed by atoms with Gasteiger partial charge in [0, 0.05) is 36.7 Å². The number of Topliss-reactive ketones (excluding diaryl/α,β-unsaturated/α-hetero) is 1. The molecule has 2 rings (SSSR count). The van der Waals surface area contributed by atoms with Gasteiger partial charge in [-0.2, -0.15) is 0 Å². The van der Waals surface area contributed by atoms with E-state index in [1.807, 2.05) is 24.3 Å². The van der Waals surface area contributed by atoms with E-state index in [-0.39, 0.29) is 11.4 Å². The second-order valence-corrected chi connectivity index (χ2v) is 6.54. The molecule has 0 saturated carbocycles. The van der Waals surface area contributed by atoms with Crippen LogP contribution in [-0.2, 0) is 4.74 Å². The molecule has 1 fully saturated rings. The van der Waals surface area contributed by atoms with Crippen LogP contribution in [0.2, 0.25) is 0 Å². The predicted octanol–water partition coefficient (Wildman–Crippen LogP) is 3.52. The molecule has 1 unspecified atom stereocenters. The second-order valence-electron chi connectivity index (χ2n) is 5.69. The highest BCUT2D eigenvalue weighted by Gasteiger charge is 2.30. The fourth-order valence-electron chi connectivity index (χ4n) is 2.75. The van der Waals surface area contributed by atoms with Crippen molar-refractivity contribution >= 4 is 21.7 Å². The van der Waals surface area contributed by atoms with E-state index in [0.29, 0.717) is 6.42 Å². The summed E-state index contributed by atoms with van der Waals surface area (Å²) >= 11 is 3.44. The van der Waals surface area contributed by atoms with Crippen molar-refractivity contribution in [3.05, 3.63) is 34.3 Å². The lowest BCUT2D eigenvalue weighted by molar-refractivity contribution is -0.0503. The standard InChI is InChI=1S/C16H22BrNO2/c1-16(20-2)9-5-10-18(12-16)11-8-15(19)13-6-3-4-7-14(13)17/h3-4,6-7H,5,8-12H2,1-2H3. The fraction of sp³-hybridized carbons (Fsp3) is 0.562. The number of halogens is 1. The Bertz CT molecular complexity index is 477. The Kier molecular flexibility index (Phi) is 5.35. The Labute approximate surface area is 129 Å². The lowest BCUT2D eigenvalue weighted by atomic mass is 9.94. The van der Waals surface area contributed by atoms with E-state index in [0.717, 1.165) is 42.5 Å². The summed E-state index contributed by atoms with van der Waals surface area (Å²) in [5, 5.41) is 0. The van der Waals surface area contributed by atoms with E-state index in [1.54, 1.807) is 7.11 Å². The van der Waals surface area contributed by atoms with Gasteiger partial charge in [0.2, 0.25) is 0 Å². The van der Waals surface area contributed by atoms with Crippen molar-refractivity contribution in [3.63, 3.8) is 0 Å². The van der Waals surface area contributed by atoms with Gasteiger partial charge in [0.1, 0.15) is 0 Å². The van der Waals surface area contributed by atoms with Crippen molar-refractivity contribution < 1.29 is 9.53 Å². The largest absolute Gasteiger partial charge is 0.377 e. The summed E-state index contributed by atoms with van der Waals surface area (Å²) in [7, 11) is 1.77. The van der Waals surface area contributed by atoms with E-state index in [2.05, 4.69) is 27.8 Å². The summed E-state index contributed by atoms with van der Waals surface area (Å²) in [6.45, 7) is 4.92. The molecule has 0 radical (unpaired) electrons. The minimum atomic E-state index is -0.0609. The summed E-state index contributed by atoms with van der Waals surface area (Å²) in [6, 6.07) is 7.62. The minimum absolute atomic E-state index is 0.0609. The molecule has 1 aliphatic rings. The molecule has 1 aliphatic heterocycles. The number of methoxy groups -OCH3 is 1. The zero-order chi connectivity index (χ0) is 14.6. The van der Waals surface area contributed by atoms with E-state index < -0.39 is 0 Å². The van der Waals surface area contributed by atoms with Gasteiger partial charge >= 0.3 is 0 Å². The van der Waals surface area contributed by atoms with Gasteiger partial charge in [-0.05, 0) is 32.4 Å². The maximum Gasteiger partial charge on any atom is 0.165 e. The first-order valence-corrected chi connectivity index (χ1v) is 7.89. The quantitative estimate of drug-likeness (QED) is 0.768. The number of nitrogens with zero attached hydrogens (tertiary/aromatic N) is 1. The lowest BCUT2D eigenvalue weighted by Crippen LogP contribution is -2.47. The Morgan fingerprint density at radius 2 is 2.20 bits per heavy atom. The fourth-order valence-corrected chi connectivity index (χ4v) is 3.25. The topological polar surface area (TPSA) is 29.5 Å². The van der Waals surface area contributed by atoms with Gasteiger partial charge in [0.05, 0.1) is 5.60 Å². The summed E-state index contributed by atoms with van der Waals surface area (Å²) in [4.78, 5) is 14.6. The Morgan fingerprint density at radius 3 is 2.90 bits per heavy atom. The molecule has 4 heteroatoms. The van der Waals surface area contributed by atoms with Crippen LogP contribution in [0.4, 0.5) is 0 Å².